The minimum absolute atomic E-state index is 0.0144. The Kier molecular flexibility index (Phi) is 5.85. The van der Waals surface area contributed by atoms with Gasteiger partial charge in [-0.3, -0.25) is 14.5 Å². The van der Waals surface area contributed by atoms with Crippen molar-refractivity contribution in [1.29, 1.82) is 0 Å². The highest BCUT2D eigenvalue weighted by Gasteiger charge is 2.64. The molecular weight excluding hydrogens is 462 g/mol. The van der Waals surface area contributed by atoms with Gasteiger partial charge in [-0.25, -0.2) is 4.98 Å². The van der Waals surface area contributed by atoms with Crippen LogP contribution in [0.15, 0.2) is 59.8 Å². The Morgan fingerprint density at radius 3 is 2.68 bits per heavy atom. The highest BCUT2D eigenvalue weighted by molar-refractivity contribution is 6.01. The average molecular weight is 502 g/mol. The Hall–Kier alpha value is -2.57. The predicted molar refractivity (Wildman–Crippen MR) is 144 cm³/mol. The normalized spacial score (nSPS) is 39.4. The number of anilines is 1. The smallest absolute Gasteiger partial charge is 0.178 e. The van der Waals surface area contributed by atoms with Crippen molar-refractivity contribution < 1.29 is 14.7 Å². The Morgan fingerprint density at radius 1 is 1.16 bits per heavy atom. The predicted octanol–water partition coefficient (Wildman–Crippen LogP) is 3.98. The number of carbonyl (C=O) groups excluding carboxylic acids is 2. The van der Waals surface area contributed by atoms with Gasteiger partial charge in [-0.1, -0.05) is 37.6 Å². The fraction of sp³-hybridized carbons (Fsp3) is 0.581. The van der Waals surface area contributed by atoms with Crippen LogP contribution in [0, 0.1) is 28.6 Å². The number of aliphatic hydroxyl groups is 1. The van der Waals surface area contributed by atoms with Crippen molar-refractivity contribution >= 4 is 17.4 Å². The maximum atomic E-state index is 13.8. The van der Waals surface area contributed by atoms with Gasteiger partial charge in [0.2, 0.25) is 0 Å². The number of nitrogens with zero attached hydrogens (tertiary/aromatic N) is 3. The van der Waals surface area contributed by atoms with Crippen LogP contribution in [0.25, 0.3) is 0 Å². The van der Waals surface area contributed by atoms with E-state index in [-0.39, 0.29) is 22.9 Å². The molecule has 6 heteroatoms. The molecule has 37 heavy (non-hydrogen) atoms. The Morgan fingerprint density at radius 2 is 1.95 bits per heavy atom. The molecule has 1 aliphatic heterocycles. The van der Waals surface area contributed by atoms with Crippen LogP contribution in [0.2, 0.25) is 0 Å². The molecule has 6 rings (SSSR count). The van der Waals surface area contributed by atoms with Crippen LogP contribution in [0.3, 0.4) is 0 Å². The lowest BCUT2D eigenvalue weighted by atomic mass is 9.49. The maximum absolute atomic E-state index is 13.8. The highest BCUT2D eigenvalue weighted by Crippen LogP contribution is 2.65. The van der Waals surface area contributed by atoms with Crippen molar-refractivity contribution in [1.82, 2.24) is 9.88 Å². The molecule has 0 spiro atoms. The molecule has 6 nitrogen and oxygen atoms in total. The summed E-state index contributed by atoms with van der Waals surface area (Å²) in [6.45, 7) is 10.2. The van der Waals surface area contributed by atoms with Gasteiger partial charge in [-0.05, 0) is 80.2 Å². The van der Waals surface area contributed by atoms with Gasteiger partial charge < -0.3 is 10.0 Å². The van der Waals surface area contributed by atoms with Gasteiger partial charge in [0, 0.05) is 43.2 Å². The van der Waals surface area contributed by atoms with E-state index in [1.54, 1.807) is 6.08 Å². The molecule has 1 unspecified atom stereocenters. The maximum Gasteiger partial charge on any atom is 0.178 e. The van der Waals surface area contributed by atoms with Gasteiger partial charge in [0.05, 0.1) is 6.54 Å². The minimum atomic E-state index is -1.30. The molecule has 2 heterocycles. The molecular formula is C31H39N3O3. The molecule has 0 bridgehead atoms. The van der Waals surface area contributed by atoms with Crippen LogP contribution >= 0.6 is 0 Å². The number of rotatable bonds is 4. The first-order valence-electron chi connectivity index (χ1n) is 14.0. The molecule has 2 saturated carbocycles. The molecule has 5 aliphatic rings. The largest absolute Gasteiger partial charge is 0.381 e. The summed E-state index contributed by atoms with van der Waals surface area (Å²) in [6.07, 6.45) is 12.9. The zero-order valence-corrected chi connectivity index (χ0v) is 22.3. The van der Waals surface area contributed by atoms with E-state index in [9.17, 15) is 14.7 Å². The number of fused-ring (bicyclic) bond motifs is 5. The van der Waals surface area contributed by atoms with Crippen LogP contribution in [0.5, 0.6) is 0 Å². The summed E-state index contributed by atoms with van der Waals surface area (Å²) in [5.41, 5.74) is 0.636. The first kappa shape index (κ1) is 24.7. The first-order chi connectivity index (χ1) is 17.7. The Balaban J connectivity index is 1.19. The summed E-state index contributed by atoms with van der Waals surface area (Å²) in [7, 11) is 0. The monoisotopic (exact) mass is 501 g/mol. The summed E-state index contributed by atoms with van der Waals surface area (Å²) < 4.78 is 0. The second-order valence-corrected chi connectivity index (χ2v) is 12.4. The van der Waals surface area contributed by atoms with Gasteiger partial charge >= 0.3 is 0 Å². The van der Waals surface area contributed by atoms with Crippen LogP contribution in [-0.4, -0.2) is 64.9 Å². The molecule has 1 aromatic rings. The van der Waals surface area contributed by atoms with Gasteiger partial charge in [0.25, 0.3) is 0 Å². The molecule has 196 valence electrons. The lowest BCUT2D eigenvalue weighted by Crippen LogP contribution is -2.58. The Labute approximate surface area is 220 Å². The van der Waals surface area contributed by atoms with Crippen molar-refractivity contribution in [2.45, 2.75) is 52.1 Å². The van der Waals surface area contributed by atoms with E-state index in [2.05, 4.69) is 47.7 Å². The third kappa shape index (κ3) is 3.70. The zero-order chi connectivity index (χ0) is 26.0. The quantitative estimate of drug-likeness (QED) is 0.630. The number of hydrogen-bond acceptors (Lipinski definition) is 6. The average Bonchev–Trinajstić information content (AvgIpc) is 3.18. The zero-order valence-electron chi connectivity index (χ0n) is 22.3. The fourth-order valence-corrected chi connectivity index (χ4v) is 8.41. The van der Waals surface area contributed by atoms with E-state index in [0.29, 0.717) is 31.2 Å². The number of pyridine rings is 1. The minimum Gasteiger partial charge on any atom is -0.381 e. The third-order valence-corrected chi connectivity index (χ3v) is 10.6. The standard InChI is InChI=1S/C31H39N3O3/c1-21-18-23-24(29(2)10-7-22(35)19-26(21)29)8-11-30(3)25(23)9-12-31(30,37)27(36)20-33-14-16-34(17-15-33)28-6-4-5-13-32-28/h4-8,10,13,19,21,23,25,37H,9,11-12,14-18,20H2,1-3H3/t21?,23-,25+,29-,30+,31+/m1/s1. The number of piperazine rings is 1. The molecule has 0 radical (unpaired) electrons. The molecule has 0 aromatic carbocycles. The third-order valence-electron chi connectivity index (χ3n) is 10.6. The van der Waals surface area contributed by atoms with Crippen molar-refractivity contribution in [3.8, 4) is 0 Å². The van der Waals surface area contributed by atoms with E-state index in [0.717, 1.165) is 44.8 Å². The summed E-state index contributed by atoms with van der Waals surface area (Å²) in [5, 5.41) is 12.1. The van der Waals surface area contributed by atoms with Crippen molar-refractivity contribution in [3.63, 3.8) is 0 Å². The van der Waals surface area contributed by atoms with E-state index >= 15 is 0 Å². The molecule has 0 amide bonds. The molecule has 6 atom stereocenters. The summed E-state index contributed by atoms with van der Waals surface area (Å²) in [6, 6.07) is 5.96. The number of Topliss-reactive ketones (excluding diaryl/α,β-unsaturated/α-hetero) is 1. The summed E-state index contributed by atoms with van der Waals surface area (Å²) in [5.74, 6) is 1.96. The van der Waals surface area contributed by atoms with Crippen molar-refractivity contribution in [3.05, 3.63) is 59.8 Å². The second-order valence-electron chi connectivity index (χ2n) is 12.4. The van der Waals surface area contributed by atoms with E-state index in [1.165, 1.54) is 11.1 Å². The van der Waals surface area contributed by atoms with E-state index < -0.39 is 11.0 Å². The molecule has 3 fully saturated rings. The summed E-state index contributed by atoms with van der Waals surface area (Å²) >= 11 is 0. The van der Waals surface area contributed by atoms with Crippen LogP contribution < -0.4 is 4.90 Å². The number of hydrogen-bond donors (Lipinski definition) is 1. The van der Waals surface area contributed by atoms with E-state index in [1.807, 2.05) is 30.5 Å². The van der Waals surface area contributed by atoms with Gasteiger partial charge in [0.15, 0.2) is 11.6 Å². The second kappa shape index (κ2) is 8.74. The fourth-order valence-electron chi connectivity index (χ4n) is 8.41. The SMILES string of the molecule is CC1C[C@@H]2C(=CC[C@@]3(C)[C@H]2CC[C@]3(O)C(=O)CN2CCN(c3ccccn3)CC2)[C@@]2(C)C=CC(=O)C=C12. The number of aromatic nitrogens is 1. The van der Waals surface area contributed by atoms with E-state index in [4.69, 9.17) is 0 Å². The van der Waals surface area contributed by atoms with Crippen LogP contribution in [-0.2, 0) is 9.59 Å². The molecule has 1 saturated heterocycles. The molecule has 1 N–H and O–H groups in total. The topological polar surface area (TPSA) is 73.7 Å². The Bertz CT molecular complexity index is 1200. The van der Waals surface area contributed by atoms with Gasteiger partial charge in [0.1, 0.15) is 11.4 Å². The van der Waals surface area contributed by atoms with Gasteiger partial charge in [-0.2, -0.15) is 0 Å². The molecule has 4 aliphatic carbocycles. The highest BCUT2D eigenvalue weighted by atomic mass is 16.3. The van der Waals surface area contributed by atoms with Crippen LogP contribution in [0.1, 0.15) is 46.5 Å². The number of ketones is 2. The first-order valence-corrected chi connectivity index (χ1v) is 14.0. The summed E-state index contributed by atoms with van der Waals surface area (Å²) in [4.78, 5) is 34.9. The van der Waals surface area contributed by atoms with Crippen molar-refractivity contribution in [2.75, 3.05) is 37.6 Å². The lowest BCUT2D eigenvalue weighted by Gasteiger charge is -2.55. The van der Waals surface area contributed by atoms with Crippen LogP contribution in [0.4, 0.5) is 5.82 Å². The van der Waals surface area contributed by atoms with Gasteiger partial charge in [-0.15, -0.1) is 0 Å². The number of allylic oxidation sites excluding steroid dienone is 6. The van der Waals surface area contributed by atoms with Crippen molar-refractivity contribution in [2.24, 2.45) is 28.6 Å². The molecule has 1 aromatic heterocycles. The lowest BCUT2D eigenvalue weighted by molar-refractivity contribution is -0.154. The number of carbonyl (C=O) groups is 2.